The summed E-state index contributed by atoms with van der Waals surface area (Å²) < 4.78 is 5.17. The highest BCUT2D eigenvalue weighted by molar-refractivity contribution is 7.98. The van der Waals surface area contributed by atoms with Gasteiger partial charge in [0.1, 0.15) is 6.04 Å². The predicted octanol–water partition coefficient (Wildman–Crippen LogP) is 3.99. The number of para-hydroxylation sites is 1. The Morgan fingerprint density at radius 3 is 2.37 bits per heavy atom. The van der Waals surface area contributed by atoms with Gasteiger partial charge < -0.3 is 15.4 Å². The average molecular weight is 449 g/mol. The maximum Gasteiger partial charge on any atom is 0.329 e. The second-order valence-corrected chi connectivity index (χ2v) is 8.10. The molecule has 2 aromatic carbocycles. The molecule has 0 saturated carbocycles. The van der Waals surface area contributed by atoms with E-state index in [4.69, 9.17) is 16.3 Å². The van der Waals surface area contributed by atoms with E-state index in [9.17, 15) is 14.4 Å². The number of halogens is 1. The second-order valence-electron chi connectivity index (χ2n) is 6.71. The lowest BCUT2D eigenvalue weighted by atomic mass is 10.1. The van der Waals surface area contributed by atoms with E-state index >= 15 is 0 Å². The van der Waals surface area contributed by atoms with Crippen LogP contribution in [0.25, 0.3) is 0 Å². The summed E-state index contributed by atoms with van der Waals surface area (Å²) in [4.78, 5) is 37.3. The quantitative estimate of drug-likeness (QED) is 0.566. The molecule has 1 unspecified atom stereocenters. The number of amides is 2. The molecule has 0 saturated heterocycles. The standard InChI is InChI=1S/C22H25ClN2O4S/c1-14-7-6-8-15(2)20(14)25-19(26)13-29-22(28)18(11-12-30-3)24-21(27)16-9-4-5-10-17(16)23/h4-10,18H,11-13H2,1-3H3,(H,24,27)(H,25,26). The van der Waals surface area contributed by atoms with E-state index in [2.05, 4.69) is 10.6 Å². The van der Waals surface area contributed by atoms with E-state index in [1.54, 1.807) is 24.3 Å². The van der Waals surface area contributed by atoms with Gasteiger partial charge in [0, 0.05) is 5.69 Å². The third-order valence-corrected chi connectivity index (χ3v) is 5.38. The van der Waals surface area contributed by atoms with Gasteiger partial charge in [-0.2, -0.15) is 11.8 Å². The summed E-state index contributed by atoms with van der Waals surface area (Å²) in [7, 11) is 0. The van der Waals surface area contributed by atoms with Gasteiger partial charge in [0.25, 0.3) is 11.8 Å². The van der Waals surface area contributed by atoms with Crippen molar-refractivity contribution >= 4 is 46.8 Å². The monoisotopic (exact) mass is 448 g/mol. The molecule has 0 aliphatic carbocycles. The Hall–Kier alpha value is -2.51. The molecule has 0 bridgehead atoms. The molecule has 0 aromatic heterocycles. The molecule has 0 aliphatic rings. The number of rotatable bonds is 9. The first kappa shape index (κ1) is 23.8. The molecular weight excluding hydrogens is 424 g/mol. The lowest BCUT2D eigenvalue weighted by Crippen LogP contribution is -2.43. The van der Waals surface area contributed by atoms with Crippen molar-refractivity contribution in [3.8, 4) is 0 Å². The number of ether oxygens (including phenoxy) is 1. The Balaban J connectivity index is 1.98. The average Bonchev–Trinajstić information content (AvgIpc) is 2.72. The zero-order valence-electron chi connectivity index (χ0n) is 17.2. The molecule has 2 rings (SSSR count). The maximum atomic E-state index is 12.5. The molecule has 0 aliphatic heterocycles. The van der Waals surface area contributed by atoms with Crippen LogP contribution >= 0.6 is 23.4 Å². The van der Waals surface area contributed by atoms with E-state index in [0.29, 0.717) is 22.9 Å². The summed E-state index contributed by atoms with van der Waals surface area (Å²) in [5.74, 6) is -0.941. The minimum absolute atomic E-state index is 0.272. The summed E-state index contributed by atoms with van der Waals surface area (Å²) in [6.45, 7) is 3.33. The van der Waals surface area contributed by atoms with Crippen LogP contribution in [0, 0.1) is 13.8 Å². The highest BCUT2D eigenvalue weighted by Gasteiger charge is 2.24. The summed E-state index contributed by atoms with van der Waals surface area (Å²) >= 11 is 7.60. The number of carbonyl (C=O) groups excluding carboxylic acids is 3. The molecule has 2 amide bonds. The number of benzene rings is 2. The number of hydrogen-bond donors (Lipinski definition) is 2. The van der Waals surface area contributed by atoms with Crippen LogP contribution in [0.1, 0.15) is 27.9 Å². The lowest BCUT2D eigenvalue weighted by Gasteiger charge is -2.18. The van der Waals surface area contributed by atoms with Gasteiger partial charge in [-0.3, -0.25) is 9.59 Å². The van der Waals surface area contributed by atoms with Crippen molar-refractivity contribution in [3.63, 3.8) is 0 Å². The Morgan fingerprint density at radius 2 is 1.73 bits per heavy atom. The van der Waals surface area contributed by atoms with Crippen LogP contribution in [0.15, 0.2) is 42.5 Å². The Bertz CT molecular complexity index is 900. The van der Waals surface area contributed by atoms with Gasteiger partial charge >= 0.3 is 5.97 Å². The first-order chi connectivity index (χ1) is 14.3. The number of aryl methyl sites for hydroxylation is 2. The van der Waals surface area contributed by atoms with Crippen molar-refractivity contribution in [1.29, 1.82) is 0 Å². The molecule has 30 heavy (non-hydrogen) atoms. The van der Waals surface area contributed by atoms with Crippen molar-refractivity contribution in [1.82, 2.24) is 5.32 Å². The fourth-order valence-corrected chi connectivity index (χ4v) is 3.48. The van der Waals surface area contributed by atoms with Gasteiger partial charge in [-0.05, 0) is 55.5 Å². The second kappa shape index (κ2) is 11.6. The SMILES string of the molecule is CSCCC(NC(=O)c1ccccc1Cl)C(=O)OCC(=O)Nc1c(C)cccc1C. The molecule has 0 spiro atoms. The van der Waals surface area contributed by atoms with Gasteiger partial charge in [0.05, 0.1) is 10.6 Å². The summed E-state index contributed by atoms with van der Waals surface area (Å²) in [5, 5.41) is 5.71. The Kier molecular flexibility index (Phi) is 9.20. The summed E-state index contributed by atoms with van der Waals surface area (Å²) in [5.41, 5.74) is 2.80. The molecule has 0 radical (unpaired) electrons. The highest BCUT2D eigenvalue weighted by atomic mass is 35.5. The van der Waals surface area contributed by atoms with Gasteiger partial charge in [0.15, 0.2) is 6.61 Å². The number of esters is 1. The van der Waals surface area contributed by atoms with Crippen LogP contribution < -0.4 is 10.6 Å². The van der Waals surface area contributed by atoms with Crippen molar-refractivity contribution in [3.05, 3.63) is 64.2 Å². The molecule has 2 aromatic rings. The molecule has 160 valence electrons. The summed E-state index contributed by atoms with van der Waals surface area (Å²) in [6.07, 6.45) is 2.27. The maximum absolute atomic E-state index is 12.5. The van der Waals surface area contributed by atoms with E-state index in [1.165, 1.54) is 11.8 Å². The molecule has 2 N–H and O–H groups in total. The number of carbonyl (C=O) groups is 3. The fraction of sp³-hybridized carbons (Fsp3) is 0.318. The molecule has 6 nitrogen and oxygen atoms in total. The normalized spacial score (nSPS) is 11.5. The number of nitrogens with one attached hydrogen (secondary N) is 2. The molecule has 8 heteroatoms. The zero-order chi connectivity index (χ0) is 22.1. The van der Waals surface area contributed by atoms with Crippen molar-refractivity contribution < 1.29 is 19.1 Å². The van der Waals surface area contributed by atoms with E-state index < -0.39 is 30.4 Å². The fourth-order valence-electron chi connectivity index (χ4n) is 2.79. The van der Waals surface area contributed by atoms with Crippen LogP contribution in [-0.2, 0) is 14.3 Å². The van der Waals surface area contributed by atoms with Gasteiger partial charge in [-0.25, -0.2) is 4.79 Å². The number of thioether (sulfide) groups is 1. The third-order valence-electron chi connectivity index (χ3n) is 4.41. The lowest BCUT2D eigenvalue weighted by molar-refractivity contribution is -0.149. The minimum atomic E-state index is -0.880. The van der Waals surface area contributed by atoms with Crippen LogP contribution in [-0.4, -0.2) is 42.4 Å². The van der Waals surface area contributed by atoms with Crippen LogP contribution in [0.5, 0.6) is 0 Å². The van der Waals surface area contributed by atoms with Crippen molar-refractivity contribution in [2.45, 2.75) is 26.3 Å². The first-order valence-electron chi connectivity index (χ1n) is 9.40. The van der Waals surface area contributed by atoms with Crippen molar-refractivity contribution in [2.75, 3.05) is 23.9 Å². The van der Waals surface area contributed by atoms with Crippen molar-refractivity contribution in [2.24, 2.45) is 0 Å². The highest BCUT2D eigenvalue weighted by Crippen LogP contribution is 2.19. The van der Waals surface area contributed by atoms with Crippen LogP contribution in [0.4, 0.5) is 5.69 Å². The van der Waals surface area contributed by atoms with Gasteiger partial charge in [0.2, 0.25) is 0 Å². The van der Waals surface area contributed by atoms with Gasteiger partial charge in [-0.15, -0.1) is 0 Å². The predicted molar refractivity (Wildman–Crippen MR) is 121 cm³/mol. The first-order valence-corrected chi connectivity index (χ1v) is 11.2. The largest absolute Gasteiger partial charge is 0.454 e. The van der Waals surface area contributed by atoms with Crippen LogP contribution in [0.2, 0.25) is 5.02 Å². The smallest absolute Gasteiger partial charge is 0.329 e. The number of hydrogen-bond acceptors (Lipinski definition) is 5. The Morgan fingerprint density at radius 1 is 1.07 bits per heavy atom. The minimum Gasteiger partial charge on any atom is -0.454 e. The zero-order valence-corrected chi connectivity index (χ0v) is 18.7. The molecule has 0 fully saturated rings. The molecular formula is C22H25ClN2O4S. The molecule has 1 atom stereocenters. The molecule has 0 heterocycles. The topological polar surface area (TPSA) is 84.5 Å². The van der Waals surface area contributed by atoms with E-state index in [0.717, 1.165) is 11.1 Å². The van der Waals surface area contributed by atoms with Gasteiger partial charge in [-0.1, -0.05) is 41.9 Å². The van der Waals surface area contributed by atoms with Crippen LogP contribution in [0.3, 0.4) is 0 Å². The van der Waals surface area contributed by atoms with E-state index in [1.807, 2.05) is 38.3 Å². The third kappa shape index (κ3) is 6.78. The Labute approximate surface area is 185 Å². The summed E-state index contributed by atoms with van der Waals surface area (Å²) in [6, 6.07) is 11.4. The number of anilines is 1. The van der Waals surface area contributed by atoms with E-state index in [-0.39, 0.29) is 5.56 Å².